The second kappa shape index (κ2) is 4.89. The van der Waals surface area contributed by atoms with Crippen LogP contribution in [0.5, 0.6) is 0 Å². The second-order valence-corrected chi connectivity index (χ2v) is 6.32. The van der Waals surface area contributed by atoms with E-state index >= 15 is 0 Å². The molecule has 1 saturated heterocycles. The Labute approximate surface area is 115 Å². The molecule has 1 aromatic rings. The molecule has 19 heavy (non-hydrogen) atoms. The lowest BCUT2D eigenvalue weighted by Crippen LogP contribution is -2.48. The third-order valence-corrected chi connectivity index (χ3v) is 3.73. The first-order chi connectivity index (χ1) is 8.74. The summed E-state index contributed by atoms with van der Waals surface area (Å²) in [4.78, 5) is 0. The van der Waals surface area contributed by atoms with Gasteiger partial charge in [-0.1, -0.05) is 30.3 Å². The molecule has 0 bridgehead atoms. The van der Waals surface area contributed by atoms with Gasteiger partial charge >= 0.3 is 0 Å². The van der Waals surface area contributed by atoms with Crippen LogP contribution in [0.3, 0.4) is 0 Å². The second-order valence-electron chi connectivity index (χ2n) is 6.32. The van der Waals surface area contributed by atoms with E-state index in [4.69, 9.17) is 14.2 Å². The van der Waals surface area contributed by atoms with Gasteiger partial charge < -0.3 is 14.2 Å². The Morgan fingerprint density at radius 1 is 0.947 bits per heavy atom. The van der Waals surface area contributed by atoms with Crippen molar-refractivity contribution >= 4 is 0 Å². The van der Waals surface area contributed by atoms with Crippen LogP contribution in [0.1, 0.15) is 40.2 Å². The van der Waals surface area contributed by atoms with Crippen molar-refractivity contribution in [1.82, 2.24) is 0 Å². The first-order valence-corrected chi connectivity index (χ1v) is 6.76. The van der Waals surface area contributed by atoms with Crippen molar-refractivity contribution in [3.8, 4) is 0 Å². The van der Waals surface area contributed by atoms with Crippen molar-refractivity contribution in [2.75, 3.05) is 6.61 Å². The standard InChI is InChI=1S/C16H24O3/c1-14(2)16(5,19-15(3,4)18-14)12-17-11-13-9-7-6-8-10-13/h6-10H,11-12H2,1-5H3. The lowest BCUT2D eigenvalue weighted by molar-refractivity contribution is -0.172. The lowest BCUT2D eigenvalue weighted by atomic mass is 9.89. The van der Waals surface area contributed by atoms with Crippen molar-refractivity contribution in [3.05, 3.63) is 35.9 Å². The minimum absolute atomic E-state index is 0.368. The molecule has 0 saturated carbocycles. The number of rotatable bonds is 4. The lowest BCUT2D eigenvalue weighted by Gasteiger charge is -2.34. The Hall–Kier alpha value is -0.900. The van der Waals surface area contributed by atoms with E-state index in [9.17, 15) is 0 Å². The fraction of sp³-hybridized carbons (Fsp3) is 0.625. The number of hydrogen-bond acceptors (Lipinski definition) is 3. The maximum atomic E-state index is 6.04. The summed E-state index contributed by atoms with van der Waals surface area (Å²) in [6, 6.07) is 10.2. The van der Waals surface area contributed by atoms with Crippen molar-refractivity contribution in [2.45, 2.75) is 58.2 Å². The van der Waals surface area contributed by atoms with Crippen molar-refractivity contribution in [3.63, 3.8) is 0 Å². The Kier molecular flexibility index (Phi) is 3.74. The molecule has 0 spiro atoms. The highest BCUT2D eigenvalue weighted by atomic mass is 16.8. The van der Waals surface area contributed by atoms with Gasteiger partial charge in [-0.3, -0.25) is 0 Å². The topological polar surface area (TPSA) is 27.7 Å². The molecule has 1 aliphatic rings. The first kappa shape index (κ1) is 14.5. The first-order valence-electron chi connectivity index (χ1n) is 6.76. The summed E-state index contributed by atoms with van der Waals surface area (Å²) in [6.45, 7) is 11.1. The van der Waals surface area contributed by atoms with Gasteiger partial charge in [0, 0.05) is 0 Å². The zero-order chi connectivity index (χ0) is 14.1. The molecule has 106 valence electrons. The smallest absolute Gasteiger partial charge is 0.164 e. The summed E-state index contributed by atoms with van der Waals surface area (Å²) in [5.74, 6) is -0.561. The van der Waals surface area contributed by atoms with E-state index in [2.05, 4.69) is 12.1 Å². The third kappa shape index (κ3) is 3.16. The van der Waals surface area contributed by atoms with E-state index in [1.54, 1.807) is 0 Å². The highest BCUT2D eigenvalue weighted by Crippen LogP contribution is 2.43. The van der Waals surface area contributed by atoms with Crippen LogP contribution in [0.15, 0.2) is 30.3 Å². The molecule has 1 aliphatic heterocycles. The predicted octanol–water partition coefficient (Wildman–Crippen LogP) is 3.52. The molecule has 0 N–H and O–H groups in total. The van der Waals surface area contributed by atoms with Crippen LogP contribution in [-0.4, -0.2) is 23.6 Å². The number of hydrogen-bond donors (Lipinski definition) is 0. The van der Waals surface area contributed by atoms with Crippen LogP contribution in [0.25, 0.3) is 0 Å². The molecule has 1 aromatic carbocycles. The average molecular weight is 264 g/mol. The van der Waals surface area contributed by atoms with Gasteiger partial charge in [0.2, 0.25) is 0 Å². The Morgan fingerprint density at radius 2 is 1.58 bits per heavy atom. The molecule has 0 radical (unpaired) electrons. The number of ether oxygens (including phenoxy) is 3. The SMILES string of the molecule is CC1(C)OC(C)(C)C(C)(COCc2ccccc2)O1. The summed E-state index contributed by atoms with van der Waals surface area (Å²) in [5.41, 5.74) is 0.362. The molecular weight excluding hydrogens is 240 g/mol. The number of benzene rings is 1. The zero-order valence-electron chi connectivity index (χ0n) is 12.5. The molecule has 2 rings (SSSR count). The van der Waals surface area contributed by atoms with Crippen LogP contribution < -0.4 is 0 Å². The summed E-state index contributed by atoms with van der Waals surface area (Å²) >= 11 is 0. The molecular formula is C16H24O3. The van der Waals surface area contributed by atoms with Crippen LogP contribution in [0.4, 0.5) is 0 Å². The van der Waals surface area contributed by atoms with Crippen LogP contribution >= 0.6 is 0 Å². The highest BCUT2D eigenvalue weighted by Gasteiger charge is 2.55. The van der Waals surface area contributed by atoms with Gasteiger partial charge in [0.1, 0.15) is 5.60 Å². The largest absolute Gasteiger partial charge is 0.374 e. The average Bonchev–Trinajstić information content (AvgIpc) is 2.44. The molecule has 3 nitrogen and oxygen atoms in total. The van der Waals surface area contributed by atoms with Crippen molar-refractivity contribution in [1.29, 1.82) is 0 Å². The maximum absolute atomic E-state index is 6.04. The van der Waals surface area contributed by atoms with Gasteiger partial charge in [-0.25, -0.2) is 0 Å². The van der Waals surface area contributed by atoms with Crippen molar-refractivity contribution < 1.29 is 14.2 Å². The molecule has 1 heterocycles. The van der Waals surface area contributed by atoms with E-state index in [1.807, 2.05) is 52.8 Å². The summed E-state index contributed by atoms with van der Waals surface area (Å²) in [7, 11) is 0. The normalized spacial score (nSPS) is 28.5. The monoisotopic (exact) mass is 264 g/mol. The Balaban J connectivity index is 1.95. The highest BCUT2D eigenvalue weighted by molar-refractivity contribution is 5.13. The third-order valence-electron chi connectivity index (χ3n) is 3.73. The molecule has 1 fully saturated rings. The zero-order valence-corrected chi connectivity index (χ0v) is 12.5. The van der Waals surface area contributed by atoms with Gasteiger partial charge in [-0.05, 0) is 40.2 Å². The minimum Gasteiger partial charge on any atom is -0.374 e. The van der Waals surface area contributed by atoms with Gasteiger partial charge in [-0.2, -0.15) is 0 Å². The van der Waals surface area contributed by atoms with E-state index < -0.39 is 11.4 Å². The van der Waals surface area contributed by atoms with E-state index in [0.717, 1.165) is 0 Å². The summed E-state index contributed by atoms with van der Waals surface area (Å²) in [6.07, 6.45) is 0. The van der Waals surface area contributed by atoms with Crippen LogP contribution in [0.2, 0.25) is 0 Å². The Morgan fingerprint density at radius 3 is 2.11 bits per heavy atom. The Bertz CT molecular complexity index is 425. The van der Waals surface area contributed by atoms with Gasteiger partial charge in [0.05, 0.1) is 18.8 Å². The van der Waals surface area contributed by atoms with E-state index in [1.165, 1.54) is 5.56 Å². The summed E-state index contributed by atoms with van der Waals surface area (Å²) in [5, 5.41) is 0. The van der Waals surface area contributed by atoms with Gasteiger partial charge in [0.15, 0.2) is 5.79 Å². The fourth-order valence-corrected chi connectivity index (χ4v) is 2.55. The molecule has 0 amide bonds. The fourth-order valence-electron chi connectivity index (χ4n) is 2.55. The predicted molar refractivity (Wildman–Crippen MR) is 74.8 cm³/mol. The molecule has 0 aromatic heterocycles. The molecule has 3 heteroatoms. The van der Waals surface area contributed by atoms with E-state index in [-0.39, 0.29) is 5.60 Å². The molecule has 1 unspecified atom stereocenters. The van der Waals surface area contributed by atoms with Crippen LogP contribution in [0, 0.1) is 0 Å². The maximum Gasteiger partial charge on any atom is 0.164 e. The van der Waals surface area contributed by atoms with Crippen LogP contribution in [-0.2, 0) is 20.8 Å². The molecule has 0 aliphatic carbocycles. The summed E-state index contributed by atoms with van der Waals surface area (Å²) < 4.78 is 17.8. The minimum atomic E-state index is -0.561. The van der Waals surface area contributed by atoms with Gasteiger partial charge in [-0.15, -0.1) is 0 Å². The van der Waals surface area contributed by atoms with E-state index in [0.29, 0.717) is 13.2 Å². The molecule has 1 atom stereocenters. The quantitative estimate of drug-likeness (QED) is 0.832. The van der Waals surface area contributed by atoms with Gasteiger partial charge in [0.25, 0.3) is 0 Å². The van der Waals surface area contributed by atoms with Crippen molar-refractivity contribution in [2.24, 2.45) is 0 Å².